The molecule has 0 radical (unpaired) electrons. The lowest BCUT2D eigenvalue weighted by atomic mass is 9.89. The van der Waals surface area contributed by atoms with Gasteiger partial charge >= 0.3 is 0 Å². The highest BCUT2D eigenvalue weighted by Gasteiger charge is 2.19. The van der Waals surface area contributed by atoms with Gasteiger partial charge in [-0.2, -0.15) is 0 Å². The van der Waals surface area contributed by atoms with E-state index in [1.165, 1.54) is 36.8 Å². The molecule has 0 amide bonds. The number of rotatable bonds is 7. The van der Waals surface area contributed by atoms with Crippen LogP contribution in [-0.4, -0.2) is 19.7 Å². The molecule has 1 aromatic rings. The minimum atomic E-state index is 0.334. The Morgan fingerprint density at radius 2 is 2.17 bits per heavy atom. The highest BCUT2D eigenvalue weighted by Crippen LogP contribution is 2.32. The number of ether oxygens (including phenoxy) is 1. The molecule has 1 aliphatic rings. The molecule has 0 saturated carbocycles. The van der Waals surface area contributed by atoms with Crippen LogP contribution in [0.5, 0.6) is 0 Å². The Balaban J connectivity index is 1.74. The number of aryl methyl sites for hydroxylation is 1. The van der Waals surface area contributed by atoms with Gasteiger partial charge in [0.05, 0.1) is 6.10 Å². The van der Waals surface area contributed by atoms with Crippen molar-refractivity contribution in [3.05, 3.63) is 35.4 Å². The molecule has 1 atom stereocenters. The molecule has 2 nitrogen and oxygen atoms in total. The Hall–Kier alpha value is -0.860. The van der Waals surface area contributed by atoms with Crippen LogP contribution in [-0.2, 0) is 11.2 Å². The van der Waals surface area contributed by atoms with Crippen molar-refractivity contribution in [3.8, 4) is 0 Å². The van der Waals surface area contributed by atoms with Crippen LogP contribution in [0.1, 0.15) is 49.8 Å². The van der Waals surface area contributed by atoms with Gasteiger partial charge in [-0.3, -0.25) is 0 Å². The molecule has 100 valence electrons. The van der Waals surface area contributed by atoms with Crippen LogP contribution in [0.15, 0.2) is 24.3 Å². The monoisotopic (exact) mass is 247 g/mol. The molecule has 2 rings (SSSR count). The molecule has 0 spiro atoms. The fraction of sp³-hybridized carbons (Fsp3) is 0.625. The van der Waals surface area contributed by atoms with Gasteiger partial charge in [-0.25, -0.2) is 0 Å². The SMILES string of the molecule is CCCNCCCOC1CCCc2ccccc21. The summed E-state index contributed by atoms with van der Waals surface area (Å²) in [7, 11) is 0. The van der Waals surface area contributed by atoms with E-state index in [2.05, 4.69) is 36.5 Å². The first-order chi connectivity index (χ1) is 8.92. The molecule has 0 aromatic heterocycles. The van der Waals surface area contributed by atoms with Crippen LogP contribution >= 0.6 is 0 Å². The second-order valence-corrected chi connectivity index (χ2v) is 5.05. The lowest BCUT2D eigenvalue weighted by Gasteiger charge is -2.25. The van der Waals surface area contributed by atoms with Gasteiger partial charge in [0.2, 0.25) is 0 Å². The third-order valence-corrected chi connectivity index (χ3v) is 3.56. The number of hydrogen-bond donors (Lipinski definition) is 1. The van der Waals surface area contributed by atoms with Crippen LogP contribution in [0.2, 0.25) is 0 Å². The summed E-state index contributed by atoms with van der Waals surface area (Å²) in [5.74, 6) is 0. The quantitative estimate of drug-likeness (QED) is 0.745. The smallest absolute Gasteiger partial charge is 0.0827 e. The molecule has 1 aliphatic carbocycles. The van der Waals surface area contributed by atoms with Crippen molar-refractivity contribution in [1.82, 2.24) is 5.32 Å². The van der Waals surface area contributed by atoms with Crippen LogP contribution in [0, 0.1) is 0 Å². The molecule has 0 saturated heterocycles. The van der Waals surface area contributed by atoms with Crippen LogP contribution < -0.4 is 5.32 Å². The molecular weight excluding hydrogens is 222 g/mol. The summed E-state index contributed by atoms with van der Waals surface area (Å²) in [6.45, 7) is 5.26. The largest absolute Gasteiger partial charge is 0.373 e. The third kappa shape index (κ3) is 3.82. The van der Waals surface area contributed by atoms with Gasteiger partial charge in [0.1, 0.15) is 0 Å². The van der Waals surface area contributed by atoms with Gasteiger partial charge in [0.25, 0.3) is 0 Å². The Morgan fingerprint density at radius 1 is 1.28 bits per heavy atom. The zero-order valence-electron chi connectivity index (χ0n) is 11.5. The minimum Gasteiger partial charge on any atom is -0.373 e. The average Bonchev–Trinajstić information content (AvgIpc) is 2.43. The van der Waals surface area contributed by atoms with Crippen LogP contribution in [0.4, 0.5) is 0 Å². The number of nitrogens with one attached hydrogen (secondary N) is 1. The van der Waals surface area contributed by atoms with E-state index in [0.717, 1.165) is 26.1 Å². The summed E-state index contributed by atoms with van der Waals surface area (Å²) in [5, 5.41) is 3.41. The lowest BCUT2D eigenvalue weighted by Crippen LogP contribution is -2.19. The predicted molar refractivity (Wildman–Crippen MR) is 75.9 cm³/mol. The summed E-state index contributed by atoms with van der Waals surface area (Å²) in [5.41, 5.74) is 2.91. The summed E-state index contributed by atoms with van der Waals surface area (Å²) in [6.07, 6.45) is 6.31. The van der Waals surface area contributed by atoms with Crippen molar-refractivity contribution in [2.45, 2.75) is 45.1 Å². The van der Waals surface area contributed by atoms with Crippen LogP contribution in [0.3, 0.4) is 0 Å². The van der Waals surface area contributed by atoms with Crippen molar-refractivity contribution in [1.29, 1.82) is 0 Å². The predicted octanol–water partition coefficient (Wildman–Crippen LogP) is 3.47. The first-order valence-electron chi connectivity index (χ1n) is 7.32. The fourth-order valence-corrected chi connectivity index (χ4v) is 2.61. The Kier molecular flexibility index (Phi) is 5.69. The standard InChI is InChI=1S/C16H25NO/c1-2-11-17-12-6-13-18-16-10-5-8-14-7-3-4-9-15(14)16/h3-4,7,9,16-17H,2,5-6,8,10-13H2,1H3. The molecule has 1 N–H and O–H groups in total. The van der Waals surface area contributed by atoms with E-state index >= 15 is 0 Å². The highest BCUT2D eigenvalue weighted by molar-refractivity contribution is 5.31. The lowest BCUT2D eigenvalue weighted by molar-refractivity contribution is 0.0394. The van der Waals surface area contributed by atoms with E-state index in [-0.39, 0.29) is 0 Å². The second kappa shape index (κ2) is 7.55. The van der Waals surface area contributed by atoms with Crippen molar-refractivity contribution >= 4 is 0 Å². The first-order valence-corrected chi connectivity index (χ1v) is 7.32. The molecule has 1 unspecified atom stereocenters. The number of benzene rings is 1. The van der Waals surface area contributed by atoms with E-state index in [1.54, 1.807) is 0 Å². The Labute approximate surface area is 111 Å². The normalized spacial score (nSPS) is 18.6. The molecule has 0 aliphatic heterocycles. The molecule has 0 fully saturated rings. The molecule has 0 heterocycles. The average molecular weight is 247 g/mol. The van der Waals surface area contributed by atoms with Crippen molar-refractivity contribution in [2.24, 2.45) is 0 Å². The van der Waals surface area contributed by atoms with Gasteiger partial charge in [0, 0.05) is 6.61 Å². The Bertz CT molecular complexity index is 351. The first kappa shape index (κ1) is 13.6. The maximum Gasteiger partial charge on any atom is 0.0827 e. The van der Waals surface area contributed by atoms with Gasteiger partial charge in [-0.05, 0) is 56.3 Å². The second-order valence-electron chi connectivity index (χ2n) is 5.05. The van der Waals surface area contributed by atoms with Gasteiger partial charge < -0.3 is 10.1 Å². The molecule has 0 bridgehead atoms. The molecule has 1 aromatic carbocycles. The van der Waals surface area contributed by atoms with Crippen molar-refractivity contribution < 1.29 is 4.74 Å². The molecular formula is C16H25NO. The summed E-state index contributed by atoms with van der Waals surface area (Å²) < 4.78 is 6.05. The molecule has 2 heteroatoms. The number of hydrogen-bond acceptors (Lipinski definition) is 2. The van der Waals surface area contributed by atoms with Crippen molar-refractivity contribution in [2.75, 3.05) is 19.7 Å². The van der Waals surface area contributed by atoms with Gasteiger partial charge in [0.15, 0.2) is 0 Å². The minimum absolute atomic E-state index is 0.334. The maximum absolute atomic E-state index is 6.05. The van der Waals surface area contributed by atoms with E-state index in [0.29, 0.717) is 6.10 Å². The zero-order chi connectivity index (χ0) is 12.6. The number of fused-ring (bicyclic) bond motifs is 1. The third-order valence-electron chi connectivity index (χ3n) is 3.56. The fourth-order valence-electron chi connectivity index (χ4n) is 2.61. The topological polar surface area (TPSA) is 21.3 Å². The highest BCUT2D eigenvalue weighted by atomic mass is 16.5. The maximum atomic E-state index is 6.05. The summed E-state index contributed by atoms with van der Waals surface area (Å²) in [4.78, 5) is 0. The van der Waals surface area contributed by atoms with E-state index < -0.39 is 0 Å². The van der Waals surface area contributed by atoms with E-state index in [1.807, 2.05) is 0 Å². The van der Waals surface area contributed by atoms with Gasteiger partial charge in [-0.15, -0.1) is 0 Å². The zero-order valence-corrected chi connectivity index (χ0v) is 11.5. The van der Waals surface area contributed by atoms with Crippen molar-refractivity contribution in [3.63, 3.8) is 0 Å². The van der Waals surface area contributed by atoms with E-state index in [4.69, 9.17) is 4.74 Å². The molecule has 18 heavy (non-hydrogen) atoms. The summed E-state index contributed by atoms with van der Waals surface area (Å²) >= 11 is 0. The summed E-state index contributed by atoms with van der Waals surface area (Å²) in [6, 6.07) is 8.74. The van der Waals surface area contributed by atoms with E-state index in [9.17, 15) is 0 Å². The Morgan fingerprint density at radius 3 is 3.06 bits per heavy atom. The van der Waals surface area contributed by atoms with Crippen LogP contribution in [0.25, 0.3) is 0 Å². The van der Waals surface area contributed by atoms with Gasteiger partial charge in [-0.1, -0.05) is 31.2 Å².